The van der Waals surface area contributed by atoms with Crippen LogP contribution in [0.2, 0.25) is 10.0 Å². The van der Waals surface area contributed by atoms with E-state index in [4.69, 9.17) is 23.2 Å². The second kappa shape index (κ2) is 7.58. The number of hydrogen-bond acceptors (Lipinski definition) is 2. The van der Waals surface area contributed by atoms with Crippen molar-refractivity contribution in [2.75, 3.05) is 23.3 Å². The Hall–Kier alpha value is -1.85. The van der Waals surface area contributed by atoms with Crippen LogP contribution >= 0.6 is 23.2 Å². The lowest BCUT2D eigenvalue weighted by atomic mass is 10.1. The number of nitrogens with zero attached hydrogens (tertiary/aromatic N) is 1. The number of carbonyl (C=O) groups excluding carboxylic acids is 1. The predicted molar refractivity (Wildman–Crippen MR) is 96.8 cm³/mol. The number of amides is 1. The largest absolute Gasteiger partial charge is 0.370 e. The highest BCUT2D eigenvalue weighted by Gasteiger charge is 2.19. The summed E-state index contributed by atoms with van der Waals surface area (Å²) < 4.78 is 27.3. The summed E-state index contributed by atoms with van der Waals surface area (Å²) in [6, 6.07) is 6.39. The molecule has 0 bridgehead atoms. The molecule has 2 aromatic carbocycles. The molecule has 1 fully saturated rings. The van der Waals surface area contributed by atoms with Gasteiger partial charge < -0.3 is 10.2 Å². The highest BCUT2D eigenvalue weighted by atomic mass is 35.5. The summed E-state index contributed by atoms with van der Waals surface area (Å²) in [6.45, 7) is 1.68. The van der Waals surface area contributed by atoms with E-state index in [1.807, 2.05) is 0 Å². The van der Waals surface area contributed by atoms with Gasteiger partial charge >= 0.3 is 0 Å². The summed E-state index contributed by atoms with van der Waals surface area (Å²) in [5, 5.41) is 2.50. The first-order chi connectivity index (χ1) is 12.0. The maximum Gasteiger partial charge on any atom is 0.257 e. The van der Waals surface area contributed by atoms with Gasteiger partial charge in [-0.2, -0.15) is 0 Å². The van der Waals surface area contributed by atoms with Crippen LogP contribution in [0.1, 0.15) is 29.6 Å². The standard InChI is InChI=1S/C18H16Cl2F2N2O/c19-13-10-14(20)15(22)9-12(13)18(25)23-16-8-11(21)4-5-17(16)24-6-2-1-3-7-24/h4-5,8-10H,1-3,6-7H2,(H,23,25). The van der Waals surface area contributed by atoms with Crippen molar-refractivity contribution in [2.45, 2.75) is 19.3 Å². The Bertz CT molecular complexity index is 808. The molecule has 0 saturated carbocycles. The van der Waals surface area contributed by atoms with Gasteiger partial charge in [0.15, 0.2) is 0 Å². The minimum absolute atomic E-state index is 0.0276. The molecule has 1 N–H and O–H groups in total. The van der Waals surface area contributed by atoms with Crippen molar-refractivity contribution in [1.82, 2.24) is 0 Å². The Morgan fingerprint density at radius 1 is 1.00 bits per heavy atom. The van der Waals surface area contributed by atoms with Crippen LogP contribution in [-0.2, 0) is 0 Å². The van der Waals surface area contributed by atoms with Gasteiger partial charge in [0.1, 0.15) is 11.6 Å². The van der Waals surface area contributed by atoms with Crippen molar-refractivity contribution >= 4 is 40.5 Å². The maximum absolute atomic E-state index is 13.7. The van der Waals surface area contributed by atoms with Gasteiger partial charge in [-0.1, -0.05) is 23.2 Å². The van der Waals surface area contributed by atoms with Crippen LogP contribution < -0.4 is 10.2 Å². The summed E-state index contributed by atoms with van der Waals surface area (Å²) in [6.07, 6.45) is 3.23. The molecule has 1 saturated heterocycles. The molecule has 2 aromatic rings. The molecular formula is C18H16Cl2F2N2O. The molecule has 0 atom stereocenters. The zero-order valence-electron chi connectivity index (χ0n) is 13.3. The molecule has 1 aliphatic heterocycles. The molecule has 1 heterocycles. The third kappa shape index (κ3) is 4.05. The predicted octanol–water partition coefficient (Wildman–Crippen LogP) is 5.51. The van der Waals surface area contributed by atoms with Gasteiger partial charge in [0.25, 0.3) is 5.91 Å². The van der Waals surface area contributed by atoms with Crippen LogP contribution in [0.15, 0.2) is 30.3 Å². The van der Waals surface area contributed by atoms with Crippen molar-refractivity contribution in [3.63, 3.8) is 0 Å². The van der Waals surface area contributed by atoms with E-state index in [9.17, 15) is 13.6 Å². The molecule has 132 valence electrons. The van der Waals surface area contributed by atoms with E-state index in [0.717, 1.165) is 44.1 Å². The summed E-state index contributed by atoms with van der Waals surface area (Å²) in [5.41, 5.74) is 1.01. The Kier molecular flexibility index (Phi) is 5.45. The van der Waals surface area contributed by atoms with Gasteiger partial charge in [-0.25, -0.2) is 8.78 Å². The zero-order chi connectivity index (χ0) is 18.0. The number of nitrogens with one attached hydrogen (secondary N) is 1. The SMILES string of the molecule is O=C(Nc1cc(F)ccc1N1CCCCC1)c1cc(F)c(Cl)cc1Cl. The van der Waals surface area contributed by atoms with Crippen LogP contribution in [0.3, 0.4) is 0 Å². The molecule has 3 rings (SSSR count). The monoisotopic (exact) mass is 384 g/mol. The lowest BCUT2D eigenvalue weighted by Gasteiger charge is -2.30. The molecule has 0 spiro atoms. The Labute approximate surface area is 154 Å². The molecule has 1 aliphatic rings. The molecule has 0 aromatic heterocycles. The normalized spacial score (nSPS) is 14.5. The third-order valence-corrected chi connectivity index (χ3v) is 4.76. The second-order valence-electron chi connectivity index (χ2n) is 5.91. The molecule has 7 heteroatoms. The summed E-state index contributed by atoms with van der Waals surface area (Å²) >= 11 is 11.6. The molecule has 0 aliphatic carbocycles. The van der Waals surface area contributed by atoms with Gasteiger partial charge in [-0.05, 0) is 49.6 Å². The number of halogens is 4. The highest BCUT2D eigenvalue weighted by molar-refractivity contribution is 6.37. The molecular weight excluding hydrogens is 369 g/mol. The fourth-order valence-corrected chi connectivity index (χ4v) is 3.37. The van der Waals surface area contributed by atoms with Crippen molar-refractivity contribution in [2.24, 2.45) is 0 Å². The van der Waals surface area contributed by atoms with Crippen LogP contribution in [-0.4, -0.2) is 19.0 Å². The Morgan fingerprint density at radius 3 is 2.44 bits per heavy atom. The van der Waals surface area contributed by atoms with Crippen molar-refractivity contribution in [3.8, 4) is 0 Å². The van der Waals surface area contributed by atoms with Crippen molar-refractivity contribution < 1.29 is 13.6 Å². The molecule has 0 unspecified atom stereocenters. The van der Waals surface area contributed by atoms with Crippen LogP contribution in [0.25, 0.3) is 0 Å². The van der Waals surface area contributed by atoms with E-state index in [-0.39, 0.29) is 15.6 Å². The lowest BCUT2D eigenvalue weighted by Crippen LogP contribution is -2.30. The van der Waals surface area contributed by atoms with Gasteiger partial charge in [0, 0.05) is 13.1 Å². The van der Waals surface area contributed by atoms with E-state index in [1.54, 1.807) is 6.07 Å². The topological polar surface area (TPSA) is 32.3 Å². The second-order valence-corrected chi connectivity index (χ2v) is 6.72. The van der Waals surface area contributed by atoms with E-state index in [1.165, 1.54) is 18.2 Å². The van der Waals surface area contributed by atoms with Gasteiger partial charge in [-0.15, -0.1) is 0 Å². The van der Waals surface area contributed by atoms with Crippen LogP contribution in [0, 0.1) is 11.6 Å². The zero-order valence-corrected chi connectivity index (χ0v) is 14.8. The Morgan fingerprint density at radius 2 is 1.72 bits per heavy atom. The average molecular weight is 385 g/mol. The van der Waals surface area contributed by atoms with E-state index in [2.05, 4.69) is 10.2 Å². The summed E-state index contributed by atoms with van der Waals surface area (Å²) in [4.78, 5) is 14.6. The first-order valence-corrected chi connectivity index (χ1v) is 8.71. The third-order valence-electron chi connectivity index (χ3n) is 4.16. The molecule has 25 heavy (non-hydrogen) atoms. The molecule has 1 amide bonds. The summed E-state index contributed by atoms with van der Waals surface area (Å²) in [5.74, 6) is -1.83. The summed E-state index contributed by atoms with van der Waals surface area (Å²) in [7, 11) is 0. The van der Waals surface area contributed by atoms with Crippen LogP contribution in [0.4, 0.5) is 20.2 Å². The van der Waals surface area contributed by atoms with E-state index in [0.29, 0.717) is 5.69 Å². The number of hydrogen-bond donors (Lipinski definition) is 1. The van der Waals surface area contributed by atoms with E-state index >= 15 is 0 Å². The average Bonchev–Trinajstić information content (AvgIpc) is 2.59. The molecule has 0 radical (unpaired) electrons. The van der Waals surface area contributed by atoms with Crippen molar-refractivity contribution in [3.05, 3.63) is 57.6 Å². The number of piperidine rings is 1. The Balaban J connectivity index is 1.90. The first kappa shape index (κ1) is 18.0. The minimum atomic E-state index is -0.744. The van der Waals surface area contributed by atoms with Crippen LogP contribution in [0.5, 0.6) is 0 Å². The fraction of sp³-hybridized carbons (Fsp3) is 0.278. The smallest absolute Gasteiger partial charge is 0.257 e. The number of anilines is 2. The fourth-order valence-electron chi connectivity index (χ4n) is 2.91. The number of rotatable bonds is 3. The number of carbonyl (C=O) groups is 1. The maximum atomic E-state index is 13.7. The number of benzene rings is 2. The van der Waals surface area contributed by atoms with Gasteiger partial charge in [-0.3, -0.25) is 4.79 Å². The minimum Gasteiger partial charge on any atom is -0.370 e. The van der Waals surface area contributed by atoms with Gasteiger partial charge in [0.05, 0.1) is 27.0 Å². The first-order valence-electron chi connectivity index (χ1n) is 7.96. The van der Waals surface area contributed by atoms with E-state index < -0.39 is 17.5 Å². The quantitative estimate of drug-likeness (QED) is 0.707. The molecule has 3 nitrogen and oxygen atoms in total. The highest BCUT2D eigenvalue weighted by Crippen LogP contribution is 2.31. The van der Waals surface area contributed by atoms with Gasteiger partial charge in [0.2, 0.25) is 0 Å². The van der Waals surface area contributed by atoms with Crippen molar-refractivity contribution in [1.29, 1.82) is 0 Å². The lowest BCUT2D eigenvalue weighted by molar-refractivity contribution is 0.102.